The zero-order valence-corrected chi connectivity index (χ0v) is 13.5. The van der Waals surface area contributed by atoms with Crippen molar-refractivity contribution in [3.63, 3.8) is 0 Å². The molecule has 1 saturated heterocycles. The molecule has 0 aromatic heterocycles. The van der Waals surface area contributed by atoms with Crippen LogP contribution in [0.1, 0.15) is 25.0 Å². The average Bonchev–Trinajstić information content (AvgIpc) is 2.73. The number of rotatable bonds is 3. The Hall–Kier alpha value is -1.59. The summed E-state index contributed by atoms with van der Waals surface area (Å²) in [4.78, 5) is 15.4. The molecule has 0 unspecified atom stereocenters. The van der Waals surface area contributed by atoms with Crippen molar-refractivity contribution < 1.29 is 14.6 Å². The Labute approximate surface area is 131 Å². The summed E-state index contributed by atoms with van der Waals surface area (Å²) < 4.78 is 5.90. The first kappa shape index (κ1) is 15.3. The van der Waals surface area contributed by atoms with Gasteiger partial charge in [-0.3, -0.25) is 14.6 Å². The Morgan fingerprint density at radius 3 is 2.91 bits per heavy atom. The molecule has 2 aliphatic rings. The predicted octanol–water partition coefficient (Wildman–Crippen LogP) is 1.60. The first-order valence-electron chi connectivity index (χ1n) is 7.80. The van der Waals surface area contributed by atoms with E-state index in [1.807, 2.05) is 18.0 Å². The quantitative estimate of drug-likeness (QED) is 0.919. The largest absolute Gasteiger partial charge is 0.487 e. The van der Waals surface area contributed by atoms with Crippen molar-refractivity contribution in [2.75, 3.05) is 26.7 Å². The lowest BCUT2D eigenvalue weighted by Crippen LogP contribution is -2.54. The number of carbonyl (C=O) groups is 1. The number of benzene rings is 1. The molecule has 0 aliphatic carbocycles. The van der Waals surface area contributed by atoms with E-state index >= 15 is 0 Å². The van der Waals surface area contributed by atoms with Gasteiger partial charge < -0.3 is 9.84 Å². The molecule has 1 aromatic carbocycles. The summed E-state index contributed by atoms with van der Waals surface area (Å²) in [6, 6.07) is 5.93. The summed E-state index contributed by atoms with van der Waals surface area (Å²) in [6.07, 6.45) is 0.927. The minimum Gasteiger partial charge on any atom is -0.487 e. The normalized spacial score (nSPS) is 24.8. The van der Waals surface area contributed by atoms with Gasteiger partial charge in [0, 0.05) is 32.6 Å². The van der Waals surface area contributed by atoms with Crippen molar-refractivity contribution >= 4 is 5.97 Å². The summed E-state index contributed by atoms with van der Waals surface area (Å²) >= 11 is 0. The van der Waals surface area contributed by atoms with E-state index in [0.29, 0.717) is 6.54 Å². The Balaban J connectivity index is 1.68. The molecule has 5 heteroatoms. The van der Waals surface area contributed by atoms with E-state index in [0.717, 1.165) is 31.8 Å². The van der Waals surface area contributed by atoms with Crippen LogP contribution in [0.15, 0.2) is 18.2 Å². The molecule has 5 nitrogen and oxygen atoms in total. The van der Waals surface area contributed by atoms with E-state index < -0.39 is 12.0 Å². The summed E-state index contributed by atoms with van der Waals surface area (Å²) in [5.41, 5.74) is 2.36. The molecule has 2 heterocycles. The maximum absolute atomic E-state index is 11.3. The first-order chi connectivity index (χ1) is 10.3. The second kappa shape index (κ2) is 5.56. The number of hydrogen-bond acceptors (Lipinski definition) is 4. The fourth-order valence-electron chi connectivity index (χ4n) is 3.36. The molecule has 1 N–H and O–H groups in total. The monoisotopic (exact) mass is 304 g/mol. The van der Waals surface area contributed by atoms with Gasteiger partial charge in [0.05, 0.1) is 0 Å². The van der Waals surface area contributed by atoms with E-state index in [-0.39, 0.29) is 5.60 Å². The third-order valence-corrected chi connectivity index (χ3v) is 4.55. The van der Waals surface area contributed by atoms with Crippen LogP contribution in [0, 0.1) is 0 Å². The maximum Gasteiger partial charge on any atom is 0.322 e. The van der Waals surface area contributed by atoms with Crippen LogP contribution < -0.4 is 4.74 Å². The molecule has 3 rings (SSSR count). The third kappa shape index (κ3) is 3.10. The van der Waals surface area contributed by atoms with E-state index in [1.165, 1.54) is 11.1 Å². The van der Waals surface area contributed by atoms with Crippen LogP contribution in [-0.2, 0) is 17.8 Å². The summed E-state index contributed by atoms with van der Waals surface area (Å²) in [6.45, 7) is 7.27. The van der Waals surface area contributed by atoms with Gasteiger partial charge in [-0.1, -0.05) is 12.1 Å². The number of aliphatic carboxylic acids is 1. The lowest BCUT2D eigenvalue weighted by molar-refractivity contribution is -0.145. The van der Waals surface area contributed by atoms with Crippen LogP contribution >= 0.6 is 0 Å². The van der Waals surface area contributed by atoms with Gasteiger partial charge in [0.2, 0.25) is 0 Å². The maximum atomic E-state index is 11.3. The molecular formula is C17H24N2O3. The number of nitrogens with zero attached hydrogens (tertiary/aromatic N) is 2. The van der Waals surface area contributed by atoms with Gasteiger partial charge in [-0.05, 0) is 38.1 Å². The van der Waals surface area contributed by atoms with Gasteiger partial charge in [0.1, 0.15) is 17.4 Å². The lowest BCUT2D eigenvalue weighted by atomic mass is 10.00. The van der Waals surface area contributed by atoms with Crippen LogP contribution in [0.25, 0.3) is 0 Å². The van der Waals surface area contributed by atoms with Gasteiger partial charge in [-0.25, -0.2) is 0 Å². The van der Waals surface area contributed by atoms with Crippen molar-refractivity contribution in [2.45, 2.75) is 38.5 Å². The molecular weight excluding hydrogens is 280 g/mol. The fourth-order valence-corrected chi connectivity index (χ4v) is 3.36. The van der Waals surface area contributed by atoms with Crippen molar-refractivity contribution in [1.29, 1.82) is 0 Å². The SMILES string of the molecule is CN1CCN(Cc2ccc3c(c2)CC(C)(C)O3)C[C@@H]1C(=O)O. The lowest BCUT2D eigenvalue weighted by Gasteiger charge is -2.37. The average molecular weight is 304 g/mol. The predicted molar refractivity (Wildman–Crippen MR) is 84.2 cm³/mol. The van der Waals surface area contributed by atoms with Gasteiger partial charge in [0.15, 0.2) is 0 Å². The minimum absolute atomic E-state index is 0.122. The zero-order chi connectivity index (χ0) is 15.9. The molecule has 1 fully saturated rings. The number of hydrogen-bond donors (Lipinski definition) is 1. The molecule has 1 atom stereocenters. The Morgan fingerprint density at radius 1 is 1.41 bits per heavy atom. The van der Waals surface area contributed by atoms with Gasteiger partial charge >= 0.3 is 5.97 Å². The molecule has 0 amide bonds. The molecule has 1 aromatic rings. The number of fused-ring (bicyclic) bond motifs is 1. The Kier molecular flexibility index (Phi) is 3.87. The van der Waals surface area contributed by atoms with Crippen molar-refractivity contribution in [3.05, 3.63) is 29.3 Å². The highest BCUT2D eigenvalue weighted by atomic mass is 16.5. The first-order valence-corrected chi connectivity index (χ1v) is 7.80. The Bertz CT molecular complexity index is 585. The van der Waals surface area contributed by atoms with Crippen LogP contribution in [-0.4, -0.2) is 59.2 Å². The van der Waals surface area contributed by atoms with E-state index in [1.54, 1.807) is 0 Å². The molecule has 0 saturated carbocycles. The highest BCUT2D eigenvalue weighted by Gasteiger charge is 2.31. The second-order valence-electron chi connectivity index (χ2n) is 7.05. The molecule has 0 bridgehead atoms. The van der Waals surface area contributed by atoms with Crippen LogP contribution in [0.2, 0.25) is 0 Å². The molecule has 22 heavy (non-hydrogen) atoms. The van der Waals surface area contributed by atoms with Crippen molar-refractivity contribution in [1.82, 2.24) is 9.80 Å². The zero-order valence-electron chi connectivity index (χ0n) is 13.5. The standard InChI is InChI=1S/C17H24N2O3/c1-17(2)9-13-8-12(4-5-15(13)22-17)10-19-7-6-18(3)14(11-19)16(20)21/h4-5,8,14H,6-7,9-11H2,1-3H3,(H,20,21)/t14-/m1/s1. The summed E-state index contributed by atoms with van der Waals surface area (Å²) in [5, 5.41) is 9.29. The van der Waals surface area contributed by atoms with Crippen LogP contribution in [0.4, 0.5) is 0 Å². The van der Waals surface area contributed by atoms with E-state index in [2.05, 4.69) is 30.9 Å². The van der Waals surface area contributed by atoms with Gasteiger partial charge in [-0.15, -0.1) is 0 Å². The van der Waals surface area contributed by atoms with Crippen molar-refractivity contribution in [3.8, 4) is 5.75 Å². The third-order valence-electron chi connectivity index (χ3n) is 4.55. The molecule has 2 aliphatic heterocycles. The summed E-state index contributed by atoms with van der Waals surface area (Å²) in [5.74, 6) is 0.242. The molecule has 0 spiro atoms. The smallest absolute Gasteiger partial charge is 0.322 e. The van der Waals surface area contributed by atoms with Gasteiger partial charge in [0.25, 0.3) is 0 Å². The number of ether oxygens (including phenoxy) is 1. The fraction of sp³-hybridized carbons (Fsp3) is 0.588. The number of piperazine rings is 1. The van der Waals surface area contributed by atoms with Crippen molar-refractivity contribution in [2.24, 2.45) is 0 Å². The highest BCUT2D eigenvalue weighted by molar-refractivity contribution is 5.73. The van der Waals surface area contributed by atoms with E-state index in [4.69, 9.17) is 4.74 Å². The van der Waals surface area contributed by atoms with Gasteiger partial charge in [-0.2, -0.15) is 0 Å². The summed E-state index contributed by atoms with van der Waals surface area (Å²) in [7, 11) is 1.88. The Morgan fingerprint density at radius 2 is 2.18 bits per heavy atom. The molecule has 120 valence electrons. The number of likely N-dealkylation sites (N-methyl/N-ethyl adjacent to an activating group) is 1. The van der Waals surface area contributed by atoms with Crippen LogP contribution in [0.3, 0.4) is 0 Å². The topological polar surface area (TPSA) is 53.0 Å². The minimum atomic E-state index is -0.740. The number of carboxylic acids is 1. The molecule has 0 radical (unpaired) electrons. The highest BCUT2D eigenvalue weighted by Crippen LogP contribution is 2.35. The van der Waals surface area contributed by atoms with E-state index in [9.17, 15) is 9.90 Å². The number of carboxylic acid groups (broad SMARTS) is 1. The van der Waals surface area contributed by atoms with Crippen LogP contribution in [0.5, 0.6) is 5.75 Å². The second-order valence-corrected chi connectivity index (χ2v) is 7.05.